The van der Waals surface area contributed by atoms with Gasteiger partial charge in [-0.25, -0.2) is 0 Å². The lowest BCUT2D eigenvalue weighted by atomic mass is 9.92. The standard InChI is InChI=1S/C11H16ClNO2/c1-6(3-4-13)10-7(2)8(12)5-9(14)11(10)15/h5-6,14-15H,3-4,13H2,1-2H3. The third-order valence-electron chi connectivity index (χ3n) is 2.62. The summed E-state index contributed by atoms with van der Waals surface area (Å²) in [5, 5.41) is 19.7. The van der Waals surface area contributed by atoms with Crippen molar-refractivity contribution < 1.29 is 10.2 Å². The summed E-state index contributed by atoms with van der Waals surface area (Å²) in [7, 11) is 0. The molecule has 0 aliphatic rings. The van der Waals surface area contributed by atoms with Gasteiger partial charge in [0.1, 0.15) is 0 Å². The molecule has 0 aliphatic carbocycles. The van der Waals surface area contributed by atoms with Gasteiger partial charge in [0.05, 0.1) is 0 Å². The number of phenolic OH excluding ortho intramolecular Hbond substituents is 2. The number of nitrogens with two attached hydrogens (primary N) is 1. The second-order valence-corrected chi connectivity index (χ2v) is 4.15. The minimum absolute atomic E-state index is 0.0830. The first-order chi connectivity index (χ1) is 6.99. The second-order valence-electron chi connectivity index (χ2n) is 3.74. The van der Waals surface area contributed by atoms with Gasteiger partial charge in [0.15, 0.2) is 11.5 Å². The number of phenols is 2. The fraction of sp³-hybridized carbons (Fsp3) is 0.455. The second kappa shape index (κ2) is 4.73. The molecule has 1 unspecified atom stereocenters. The molecule has 4 N–H and O–H groups in total. The number of hydrogen-bond donors (Lipinski definition) is 3. The molecule has 1 atom stereocenters. The van der Waals surface area contributed by atoms with E-state index in [1.165, 1.54) is 6.07 Å². The van der Waals surface area contributed by atoms with Crippen LogP contribution in [0.25, 0.3) is 0 Å². The fourth-order valence-electron chi connectivity index (χ4n) is 1.74. The van der Waals surface area contributed by atoms with Gasteiger partial charge < -0.3 is 15.9 Å². The van der Waals surface area contributed by atoms with E-state index in [2.05, 4.69) is 0 Å². The largest absolute Gasteiger partial charge is 0.504 e. The molecule has 15 heavy (non-hydrogen) atoms. The van der Waals surface area contributed by atoms with Crippen LogP contribution in [0.3, 0.4) is 0 Å². The molecule has 3 nitrogen and oxygen atoms in total. The lowest BCUT2D eigenvalue weighted by molar-refractivity contribution is 0.395. The molecule has 0 radical (unpaired) electrons. The van der Waals surface area contributed by atoms with E-state index < -0.39 is 0 Å². The molecular weight excluding hydrogens is 214 g/mol. The van der Waals surface area contributed by atoms with Crippen molar-refractivity contribution in [3.8, 4) is 11.5 Å². The maximum atomic E-state index is 9.75. The van der Waals surface area contributed by atoms with Gasteiger partial charge in [-0.3, -0.25) is 0 Å². The summed E-state index contributed by atoms with van der Waals surface area (Å²) in [6, 6.07) is 1.35. The van der Waals surface area contributed by atoms with Crippen LogP contribution in [0, 0.1) is 6.92 Å². The summed E-state index contributed by atoms with van der Waals surface area (Å²) in [4.78, 5) is 0. The maximum absolute atomic E-state index is 9.75. The molecular formula is C11H16ClNO2. The molecule has 0 saturated heterocycles. The summed E-state index contributed by atoms with van der Waals surface area (Å²) in [6.07, 6.45) is 0.744. The Morgan fingerprint density at radius 3 is 2.60 bits per heavy atom. The van der Waals surface area contributed by atoms with Gasteiger partial charge in [-0.05, 0) is 31.4 Å². The van der Waals surface area contributed by atoms with Crippen LogP contribution in [0.2, 0.25) is 5.02 Å². The van der Waals surface area contributed by atoms with Crippen molar-refractivity contribution in [2.75, 3.05) is 6.54 Å². The number of rotatable bonds is 3. The fourth-order valence-corrected chi connectivity index (χ4v) is 1.94. The highest BCUT2D eigenvalue weighted by Crippen LogP contribution is 2.40. The molecule has 0 aromatic heterocycles. The lowest BCUT2D eigenvalue weighted by Gasteiger charge is -2.17. The molecule has 0 saturated carbocycles. The topological polar surface area (TPSA) is 66.5 Å². The van der Waals surface area contributed by atoms with Gasteiger partial charge in [0.2, 0.25) is 0 Å². The van der Waals surface area contributed by atoms with E-state index in [-0.39, 0.29) is 17.4 Å². The summed E-state index contributed by atoms with van der Waals surface area (Å²) in [6.45, 7) is 4.31. The van der Waals surface area contributed by atoms with E-state index in [9.17, 15) is 10.2 Å². The highest BCUT2D eigenvalue weighted by atomic mass is 35.5. The molecule has 4 heteroatoms. The van der Waals surface area contributed by atoms with E-state index in [0.717, 1.165) is 12.0 Å². The third kappa shape index (κ3) is 2.36. The number of hydrogen-bond acceptors (Lipinski definition) is 3. The van der Waals surface area contributed by atoms with Crippen LogP contribution in [-0.2, 0) is 0 Å². The van der Waals surface area contributed by atoms with Crippen LogP contribution < -0.4 is 5.73 Å². The van der Waals surface area contributed by atoms with E-state index in [1.54, 1.807) is 0 Å². The van der Waals surface area contributed by atoms with Gasteiger partial charge in [-0.1, -0.05) is 18.5 Å². The van der Waals surface area contributed by atoms with E-state index in [1.807, 2.05) is 13.8 Å². The molecule has 0 aliphatic heterocycles. The minimum Gasteiger partial charge on any atom is -0.504 e. The predicted octanol–water partition coefficient (Wildman–Crippen LogP) is 2.51. The Morgan fingerprint density at radius 2 is 2.07 bits per heavy atom. The lowest BCUT2D eigenvalue weighted by Crippen LogP contribution is -2.06. The van der Waals surface area contributed by atoms with Gasteiger partial charge in [-0.15, -0.1) is 0 Å². The first kappa shape index (κ1) is 12.1. The highest BCUT2D eigenvalue weighted by Gasteiger charge is 2.18. The minimum atomic E-state index is -0.176. The zero-order valence-corrected chi connectivity index (χ0v) is 9.67. The SMILES string of the molecule is Cc1c(Cl)cc(O)c(O)c1C(C)CCN. The Morgan fingerprint density at radius 1 is 1.47 bits per heavy atom. The molecule has 1 aromatic carbocycles. The molecule has 84 valence electrons. The number of halogens is 1. The Hall–Kier alpha value is -0.930. The van der Waals surface area contributed by atoms with Crippen molar-refractivity contribution in [2.24, 2.45) is 5.73 Å². The Bertz CT molecular complexity index is 340. The first-order valence-electron chi connectivity index (χ1n) is 4.90. The van der Waals surface area contributed by atoms with E-state index in [0.29, 0.717) is 17.1 Å². The number of benzene rings is 1. The van der Waals surface area contributed by atoms with Gasteiger partial charge in [0.25, 0.3) is 0 Å². The summed E-state index contributed by atoms with van der Waals surface area (Å²) < 4.78 is 0. The maximum Gasteiger partial charge on any atom is 0.161 e. The Labute approximate surface area is 94.5 Å². The zero-order chi connectivity index (χ0) is 11.6. The zero-order valence-electron chi connectivity index (χ0n) is 8.92. The third-order valence-corrected chi connectivity index (χ3v) is 3.01. The van der Waals surface area contributed by atoms with Crippen LogP contribution >= 0.6 is 11.6 Å². The molecule has 0 bridgehead atoms. The van der Waals surface area contributed by atoms with Crippen LogP contribution in [0.1, 0.15) is 30.4 Å². The van der Waals surface area contributed by atoms with Gasteiger partial charge in [-0.2, -0.15) is 0 Å². The first-order valence-corrected chi connectivity index (χ1v) is 5.27. The van der Waals surface area contributed by atoms with Crippen molar-refractivity contribution in [3.05, 3.63) is 22.2 Å². The predicted molar refractivity (Wildman–Crippen MR) is 61.6 cm³/mol. The number of aromatic hydroxyl groups is 2. The van der Waals surface area contributed by atoms with Crippen molar-refractivity contribution in [1.82, 2.24) is 0 Å². The smallest absolute Gasteiger partial charge is 0.161 e. The molecule has 1 rings (SSSR count). The Kier molecular flexibility index (Phi) is 3.83. The summed E-state index contributed by atoms with van der Waals surface area (Å²) in [5.74, 6) is -0.179. The normalized spacial score (nSPS) is 12.8. The van der Waals surface area contributed by atoms with Gasteiger partial charge in [0, 0.05) is 16.7 Å². The molecule has 0 amide bonds. The molecule has 0 spiro atoms. The monoisotopic (exact) mass is 229 g/mol. The molecule has 1 aromatic rings. The van der Waals surface area contributed by atoms with E-state index >= 15 is 0 Å². The average molecular weight is 230 g/mol. The van der Waals surface area contributed by atoms with Crippen molar-refractivity contribution >= 4 is 11.6 Å². The van der Waals surface area contributed by atoms with Crippen molar-refractivity contribution in [3.63, 3.8) is 0 Å². The Balaban J connectivity index is 3.26. The summed E-state index contributed by atoms with van der Waals surface area (Å²) >= 11 is 5.93. The molecule has 0 fully saturated rings. The van der Waals surface area contributed by atoms with Gasteiger partial charge >= 0.3 is 0 Å². The summed E-state index contributed by atoms with van der Waals surface area (Å²) in [5.41, 5.74) is 6.95. The van der Waals surface area contributed by atoms with Crippen LogP contribution in [-0.4, -0.2) is 16.8 Å². The van der Waals surface area contributed by atoms with Crippen molar-refractivity contribution in [2.45, 2.75) is 26.2 Å². The van der Waals surface area contributed by atoms with Crippen LogP contribution in [0.15, 0.2) is 6.07 Å². The van der Waals surface area contributed by atoms with Crippen LogP contribution in [0.4, 0.5) is 0 Å². The quantitative estimate of drug-likeness (QED) is 0.698. The highest BCUT2D eigenvalue weighted by molar-refractivity contribution is 6.31. The van der Waals surface area contributed by atoms with Crippen LogP contribution in [0.5, 0.6) is 11.5 Å². The van der Waals surface area contributed by atoms with E-state index in [4.69, 9.17) is 17.3 Å². The average Bonchev–Trinajstić information content (AvgIpc) is 2.16. The van der Waals surface area contributed by atoms with Crippen molar-refractivity contribution in [1.29, 1.82) is 0 Å². The molecule has 0 heterocycles.